The molecule has 12 heteroatoms. The van der Waals surface area contributed by atoms with E-state index in [2.05, 4.69) is 5.32 Å². The molecule has 2 N–H and O–H groups in total. The molecule has 2 heterocycles. The standard InChI is InChI=1S/C18H14F6N2O3S/c1-26-15(28)25-13(9-4-2-5-10(8-9)17(19,20)21)12(16(26,29)18(22,23)24)14(27)11-6-3-7-30-11/h2-8,12-13,29H,1H3,(H,25,28). The molecule has 30 heavy (non-hydrogen) atoms. The van der Waals surface area contributed by atoms with Gasteiger partial charge in [0.25, 0.3) is 5.72 Å². The third-order valence-electron chi connectivity index (χ3n) is 4.90. The molecule has 3 unspecified atom stereocenters. The highest BCUT2D eigenvalue weighted by atomic mass is 32.1. The molecule has 0 radical (unpaired) electrons. The minimum absolute atomic E-state index is 0.0622. The van der Waals surface area contributed by atoms with E-state index >= 15 is 0 Å². The smallest absolute Gasteiger partial charge is 0.363 e. The molecule has 1 aromatic carbocycles. The Hall–Kier alpha value is -2.60. The van der Waals surface area contributed by atoms with Gasteiger partial charge in [0.05, 0.1) is 16.5 Å². The molecule has 0 bridgehead atoms. The number of rotatable bonds is 3. The summed E-state index contributed by atoms with van der Waals surface area (Å²) in [6, 6.07) is 2.61. The summed E-state index contributed by atoms with van der Waals surface area (Å²) < 4.78 is 81.2. The van der Waals surface area contributed by atoms with Crippen LogP contribution in [0, 0.1) is 5.92 Å². The lowest BCUT2D eigenvalue weighted by Crippen LogP contribution is -2.72. The van der Waals surface area contributed by atoms with Crippen molar-refractivity contribution in [1.82, 2.24) is 10.2 Å². The second-order valence-corrected chi connectivity index (χ2v) is 7.60. The number of thiophene rings is 1. The van der Waals surface area contributed by atoms with Gasteiger partial charge in [0.1, 0.15) is 5.92 Å². The Morgan fingerprint density at radius 2 is 1.83 bits per heavy atom. The largest absolute Gasteiger partial charge is 0.437 e. The summed E-state index contributed by atoms with van der Waals surface area (Å²) in [6.45, 7) is 0. The molecule has 0 saturated carbocycles. The zero-order valence-electron chi connectivity index (χ0n) is 15.1. The van der Waals surface area contributed by atoms with Gasteiger partial charge >= 0.3 is 18.4 Å². The second-order valence-electron chi connectivity index (χ2n) is 6.65. The van der Waals surface area contributed by atoms with E-state index in [1.165, 1.54) is 17.5 Å². The molecular weight excluding hydrogens is 438 g/mol. The molecule has 3 rings (SSSR count). The predicted molar refractivity (Wildman–Crippen MR) is 93.6 cm³/mol. The number of ketones is 1. The number of halogens is 6. The topological polar surface area (TPSA) is 69.6 Å². The molecule has 2 aromatic rings. The Balaban J connectivity index is 2.22. The summed E-state index contributed by atoms with van der Waals surface area (Å²) in [5.41, 5.74) is -5.52. The van der Waals surface area contributed by atoms with Crippen LogP contribution in [-0.2, 0) is 6.18 Å². The number of hydrogen-bond acceptors (Lipinski definition) is 4. The summed E-state index contributed by atoms with van der Waals surface area (Å²) in [5.74, 6) is -3.53. The van der Waals surface area contributed by atoms with Crippen molar-refractivity contribution in [2.75, 3.05) is 7.05 Å². The van der Waals surface area contributed by atoms with Gasteiger partial charge in [-0.1, -0.05) is 18.2 Å². The molecular formula is C18H14F6N2O3S. The Morgan fingerprint density at radius 3 is 2.37 bits per heavy atom. The number of benzene rings is 1. The molecule has 5 nitrogen and oxygen atoms in total. The van der Waals surface area contributed by atoms with Crippen LogP contribution in [0.25, 0.3) is 0 Å². The van der Waals surface area contributed by atoms with Gasteiger partial charge in [-0.25, -0.2) is 4.79 Å². The highest BCUT2D eigenvalue weighted by Crippen LogP contribution is 2.48. The number of carbonyl (C=O) groups excluding carboxylic acids is 2. The highest BCUT2D eigenvalue weighted by Gasteiger charge is 2.69. The van der Waals surface area contributed by atoms with Gasteiger partial charge < -0.3 is 10.4 Å². The van der Waals surface area contributed by atoms with E-state index in [1.807, 2.05) is 0 Å². The number of carbonyl (C=O) groups is 2. The van der Waals surface area contributed by atoms with E-state index in [9.17, 15) is 41.0 Å². The number of Topliss-reactive ketones (excluding diaryl/α,β-unsaturated/α-hetero) is 1. The fourth-order valence-corrected chi connectivity index (χ4v) is 4.07. The van der Waals surface area contributed by atoms with Crippen LogP contribution in [-0.4, -0.2) is 40.8 Å². The molecule has 162 valence electrons. The molecule has 1 aliphatic rings. The van der Waals surface area contributed by atoms with E-state index in [4.69, 9.17) is 0 Å². The fourth-order valence-electron chi connectivity index (χ4n) is 3.37. The van der Waals surface area contributed by atoms with E-state index in [-0.39, 0.29) is 9.78 Å². The first kappa shape index (κ1) is 22.1. The zero-order chi connectivity index (χ0) is 22.5. The maximum absolute atomic E-state index is 14.0. The predicted octanol–water partition coefficient (Wildman–Crippen LogP) is 4.21. The van der Waals surface area contributed by atoms with Crippen LogP contribution in [0.5, 0.6) is 0 Å². The van der Waals surface area contributed by atoms with Crippen LogP contribution < -0.4 is 5.32 Å². The molecule has 1 saturated heterocycles. The third-order valence-corrected chi connectivity index (χ3v) is 5.78. The molecule has 0 spiro atoms. The van der Waals surface area contributed by atoms with Crippen LogP contribution in [0.1, 0.15) is 26.8 Å². The van der Waals surface area contributed by atoms with Gasteiger partial charge in [-0.05, 0) is 29.1 Å². The van der Waals surface area contributed by atoms with Crippen molar-refractivity contribution in [3.05, 3.63) is 57.8 Å². The van der Waals surface area contributed by atoms with Crippen LogP contribution in [0.4, 0.5) is 31.1 Å². The van der Waals surface area contributed by atoms with E-state index < -0.39 is 53.0 Å². The number of urea groups is 1. The second kappa shape index (κ2) is 7.27. The van der Waals surface area contributed by atoms with Crippen LogP contribution in [0.3, 0.4) is 0 Å². The molecule has 1 aliphatic heterocycles. The Kier molecular flexibility index (Phi) is 5.35. The Bertz CT molecular complexity index is 960. The minimum Gasteiger partial charge on any atom is -0.363 e. The average molecular weight is 452 g/mol. The summed E-state index contributed by atoms with van der Waals surface area (Å²) in [5, 5.41) is 14.2. The molecule has 1 fully saturated rings. The van der Waals surface area contributed by atoms with Crippen molar-refractivity contribution in [2.24, 2.45) is 5.92 Å². The number of hydrogen-bond donors (Lipinski definition) is 2. The third kappa shape index (κ3) is 3.54. The quantitative estimate of drug-likeness (QED) is 0.542. The first-order valence-electron chi connectivity index (χ1n) is 8.36. The summed E-state index contributed by atoms with van der Waals surface area (Å²) in [6.07, 6.45) is -10.3. The minimum atomic E-state index is -5.48. The molecule has 2 amide bonds. The molecule has 1 aromatic heterocycles. The number of aliphatic hydroxyl groups is 1. The van der Waals surface area contributed by atoms with Gasteiger partial charge in [0.15, 0.2) is 5.78 Å². The Morgan fingerprint density at radius 1 is 1.17 bits per heavy atom. The van der Waals surface area contributed by atoms with Crippen molar-refractivity contribution in [3.8, 4) is 0 Å². The lowest BCUT2D eigenvalue weighted by molar-refractivity contribution is -0.322. The SMILES string of the molecule is CN1C(=O)NC(c2cccc(C(F)(F)F)c2)C(C(=O)c2cccs2)C1(O)C(F)(F)F. The molecule has 0 aliphatic carbocycles. The zero-order valence-corrected chi connectivity index (χ0v) is 15.9. The van der Waals surface area contributed by atoms with Crippen LogP contribution >= 0.6 is 11.3 Å². The van der Waals surface area contributed by atoms with Gasteiger partial charge in [0, 0.05) is 7.05 Å². The molecule has 3 atom stereocenters. The highest BCUT2D eigenvalue weighted by molar-refractivity contribution is 7.12. The lowest BCUT2D eigenvalue weighted by Gasteiger charge is -2.49. The maximum atomic E-state index is 14.0. The van der Waals surface area contributed by atoms with Crippen LogP contribution in [0.15, 0.2) is 41.8 Å². The van der Waals surface area contributed by atoms with Crippen molar-refractivity contribution in [1.29, 1.82) is 0 Å². The van der Waals surface area contributed by atoms with Gasteiger partial charge in [0.2, 0.25) is 0 Å². The lowest BCUT2D eigenvalue weighted by atomic mass is 9.77. The summed E-state index contributed by atoms with van der Waals surface area (Å²) in [7, 11) is 0.653. The summed E-state index contributed by atoms with van der Waals surface area (Å²) >= 11 is 0.803. The fraction of sp³-hybridized carbons (Fsp3) is 0.333. The van der Waals surface area contributed by atoms with Gasteiger partial charge in [-0.15, -0.1) is 11.3 Å². The normalized spacial score (nSPS) is 25.2. The summed E-state index contributed by atoms with van der Waals surface area (Å²) in [4.78, 5) is 25.0. The van der Waals surface area contributed by atoms with E-state index in [1.54, 1.807) is 0 Å². The van der Waals surface area contributed by atoms with Crippen molar-refractivity contribution in [3.63, 3.8) is 0 Å². The Labute approximate surface area is 169 Å². The average Bonchev–Trinajstić information content (AvgIpc) is 3.18. The first-order valence-corrected chi connectivity index (χ1v) is 9.24. The van der Waals surface area contributed by atoms with Gasteiger partial charge in [-0.2, -0.15) is 26.3 Å². The van der Waals surface area contributed by atoms with Crippen molar-refractivity contribution in [2.45, 2.75) is 24.1 Å². The van der Waals surface area contributed by atoms with E-state index in [0.717, 1.165) is 23.5 Å². The maximum Gasteiger partial charge on any atom is 0.437 e. The van der Waals surface area contributed by atoms with Crippen molar-refractivity contribution >= 4 is 23.2 Å². The monoisotopic (exact) mass is 452 g/mol. The number of nitrogens with zero attached hydrogens (tertiary/aromatic N) is 1. The van der Waals surface area contributed by atoms with E-state index in [0.29, 0.717) is 19.2 Å². The van der Waals surface area contributed by atoms with Gasteiger partial charge in [-0.3, -0.25) is 9.69 Å². The number of nitrogens with one attached hydrogen (secondary N) is 1. The number of amides is 2. The van der Waals surface area contributed by atoms with Crippen LogP contribution in [0.2, 0.25) is 0 Å². The number of alkyl halides is 6. The van der Waals surface area contributed by atoms with Crippen molar-refractivity contribution < 1.29 is 41.0 Å². The first-order chi connectivity index (χ1) is 13.8.